The largest absolute Gasteiger partial charge is 0.411 e. The molecule has 1 aliphatic heterocycles. The van der Waals surface area contributed by atoms with Gasteiger partial charge in [-0.25, -0.2) is 14.2 Å². The van der Waals surface area contributed by atoms with Gasteiger partial charge in [-0.2, -0.15) is 0 Å². The van der Waals surface area contributed by atoms with E-state index in [0.29, 0.717) is 11.3 Å². The molecule has 1 aromatic heterocycles. The molecule has 0 radical (unpaired) electrons. The topological polar surface area (TPSA) is 135 Å². The van der Waals surface area contributed by atoms with Crippen LogP contribution in [0.15, 0.2) is 36.5 Å². The first kappa shape index (κ1) is 20.5. The summed E-state index contributed by atoms with van der Waals surface area (Å²) >= 11 is 5.77. The number of carbonyl (C=O) groups excluding carboxylic acids is 3. The molecule has 3 rings (SSSR count). The summed E-state index contributed by atoms with van der Waals surface area (Å²) in [5.74, 6) is -2.38. The number of rotatable bonds is 5. The first-order valence-electron chi connectivity index (χ1n) is 8.40. The van der Waals surface area contributed by atoms with Crippen LogP contribution in [0.3, 0.4) is 0 Å². The van der Waals surface area contributed by atoms with Crippen molar-refractivity contribution in [2.24, 2.45) is 5.73 Å². The van der Waals surface area contributed by atoms with Crippen molar-refractivity contribution < 1.29 is 28.6 Å². The molecule has 0 unspecified atom stereocenters. The SMILES string of the molecule is NC(=O)Oc1ccc(N2CC[C@](O)(C(=O)NCc3cc(F)cc(Cl)c3)C2=O)cn1. The lowest BCUT2D eigenvalue weighted by Crippen LogP contribution is -2.52. The highest BCUT2D eigenvalue weighted by atomic mass is 35.5. The Morgan fingerprint density at radius 1 is 1.38 bits per heavy atom. The van der Waals surface area contributed by atoms with Gasteiger partial charge in [-0.1, -0.05) is 11.6 Å². The average molecular weight is 423 g/mol. The van der Waals surface area contributed by atoms with Gasteiger partial charge in [0.1, 0.15) is 5.82 Å². The van der Waals surface area contributed by atoms with E-state index in [9.17, 15) is 23.9 Å². The predicted octanol–water partition coefficient (Wildman–Crippen LogP) is 1.12. The molecule has 4 N–H and O–H groups in total. The molecule has 0 aliphatic carbocycles. The molecule has 0 bridgehead atoms. The van der Waals surface area contributed by atoms with Crippen LogP contribution >= 0.6 is 11.6 Å². The van der Waals surface area contributed by atoms with E-state index in [2.05, 4.69) is 15.0 Å². The highest BCUT2D eigenvalue weighted by molar-refractivity contribution is 6.30. The summed E-state index contributed by atoms with van der Waals surface area (Å²) in [5.41, 5.74) is 3.29. The van der Waals surface area contributed by atoms with Crippen LogP contribution in [0.25, 0.3) is 0 Å². The lowest BCUT2D eigenvalue weighted by Gasteiger charge is -2.21. The van der Waals surface area contributed by atoms with Gasteiger partial charge in [-0.15, -0.1) is 0 Å². The fraction of sp³-hybridized carbons (Fsp3) is 0.222. The summed E-state index contributed by atoms with van der Waals surface area (Å²) in [6.07, 6.45) is 0.0588. The van der Waals surface area contributed by atoms with Crippen molar-refractivity contribution in [2.45, 2.75) is 18.6 Å². The Morgan fingerprint density at radius 3 is 2.76 bits per heavy atom. The Labute approximate surface area is 169 Å². The number of benzene rings is 1. The molecular formula is C18H16ClFN4O5. The van der Waals surface area contributed by atoms with Crippen LogP contribution in [0.1, 0.15) is 12.0 Å². The number of amides is 3. The Balaban J connectivity index is 1.68. The zero-order chi connectivity index (χ0) is 21.2. The second-order valence-electron chi connectivity index (χ2n) is 6.30. The smallest absolute Gasteiger partial charge is 0.391 e. The number of aromatic nitrogens is 1. The van der Waals surface area contributed by atoms with Gasteiger partial charge in [-0.05, 0) is 29.8 Å². The molecule has 0 spiro atoms. The van der Waals surface area contributed by atoms with Crippen molar-refractivity contribution in [1.82, 2.24) is 10.3 Å². The molecule has 29 heavy (non-hydrogen) atoms. The maximum absolute atomic E-state index is 13.4. The molecular weight excluding hydrogens is 407 g/mol. The number of ether oxygens (including phenoxy) is 1. The summed E-state index contributed by atoms with van der Waals surface area (Å²) in [6.45, 7) is -0.0567. The first-order valence-corrected chi connectivity index (χ1v) is 8.78. The van der Waals surface area contributed by atoms with Crippen LogP contribution in [0.2, 0.25) is 5.02 Å². The van der Waals surface area contributed by atoms with Crippen molar-refractivity contribution in [3.8, 4) is 5.88 Å². The highest BCUT2D eigenvalue weighted by Gasteiger charge is 2.51. The van der Waals surface area contributed by atoms with Crippen LogP contribution in [-0.2, 0) is 16.1 Å². The van der Waals surface area contributed by atoms with Crippen LogP contribution in [0.4, 0.5) is 14.9 Å². The molecule has 2 aromatic rings. The van der Waals surface area contributed by atoms with Crippen molar-refractivity contribution in [3.05, 3.63) is 52.9 Å². The van der Waals surface area contributed by atoms with Crippen molar-refractivity contribution >= 4 is 35.2 Å². The summed E-state index contributed by atoms with van der Waals surface area (Å²) in [4.78, 5) is 40.8. The number of nitrogens with one attached hydrogen (secondary N) is 1. The van der Waals surface area contributed by atoms with Crippen LogP contribution in [0, 0.1) is 5.82 Å². The van der Waals surface area contributed by atoms with Gasteiger partial charge in [0.15, 0.2) is 0 Å². The standard InChI is InChI=1S/C18H16ClFN4O5/c19-11-5-10(6-12(20)7-11)8-23-15(25)18(28)3-4-24(16(18)26)13-1-2-14(22-9-13)29-17(21)27/h1-2,5-7,9,28H,3-4,8H2,(H2,21,27)(H,23,25)/t18-/m0/s1. The highest BCUT2D eigenvalue weighted by Crippen LogP contribution is 2.29. The first-order chi connectivity index (χ1) is 13.7. The van der Waals surface area contributed by atoms with E-state index in [1.807, 2.05) is 0 Å². The molecule has 1 aliphatic rings. The zero-order valence-electron chi connectivity index (χ0n) is 14.9. The number of primary amides is 1. The van der Waals surface area contributed by atoms with Gasteiger partial charge < -0.3 is 25.8 Å². The van der Waals surface area contributed by atoms with E-state index in [1.165, 1.54) is 35.4 Å². The minimum absolute atomic E-state index is 0.0605. The van der Waals surface area contributed by atoms with E-state index < -0.39 is 29.3 Å². The van der Waals surface area contributed by atoms with Gasteiger partial charge in [0.25, 0.3) is 11.8 Å². The van der Waals surface area contributed by atoms with Gasteiger partial charge in [-0.3, -0.25) is 9.59 Å². The second kappa shape index (κ2) is 8.02. The number of nitrogens with zero attached hydrogens (tertiary/aromatic N) is 2. The predicted molar refractivity (Wildman–Crippen MR) is 99.6 cm³/mol. The molecule has 11 heteroatoms. The fourth-order valence-electron chi connectivity index (χ4n) is 2.90. The Hall–Kier alpha value is -3.24. The third-order valence-electron chi connectivity index (χ3n) is 4.28. The fourth-order valence-corrected chi connectivity index (χ4v) is 3.14. The second-order valence-corrected chi connectivity index (χ2v) is 6.74. The van der Waals surface area contributed by atoms with Gasteiger partial charge >= 0.3 is 6.09 Å². The molecule has 1 atom stereocenters. The van der Waals surface area contributed by atoms with Crippen LogP contribution in [-0.4, -0.2) is 40.1 Å². The minimum Gasteiger partial charge on any atom is -0.391 e. The minimum atomic E-state index is -2.28. The molecule has 9 nitrogen and oxygen atoms in total. The van der Waals surface area contributed by atoms with Gasteiger partial charge in [0.05, 0.1) is 11.9 Å². The van der Waals surface area contributed by atoms with Crippen molar-refractivity contribution in [3.63, 3.8) is 0 Å². The average Bonchev–Trinajstić information content (AvgIpc) is 2.95. The summed E-state index contributed by atoms with van der Waals surface area (Å²) in [7, 11) is 0. The van der Waals surface area contributed by atoms with Crippen LogP contribution < -0.4 is 20.7 Å². The van der Waals surface area contributed by atoms with E-state index in [4.69, 9.17) is 17.3 Å². The molecule has 3 amide bonds. The third kappa shape index (κ3) is 4.44. The summed E-state index contributed by atoms with van der Waals surface area (Å²) in [6, 6.07) is 6.51. The maximum Gasteiger partial charge on any atom is 0.411 e. The quantitative estimate of drug-likeness (QED) is 0.618. The normalized spacial score (nSPS) is 18.6. The van der Waals surface area contributed by atoms with E-state index in [0.717, 1.165) is 6.07 Å². The monoisotopic (exact) mass is 422 g/mol. The molecule has 2 heterocycles. The zero-order valence-corrected chi connectivity index (χ0v) is 15.6. The number of halogens is 2. The lowest BCUT2D eigenvalue weighted by atomic mass is 10.0. The number of pyridine rings is 1. The van der Waals surface area contributed by atoms with E-state index >= 15 is 0 Å². The molecule has 1 fully saturated rings. The summed E-state index contributed by atoms with van der Waals surface area (Å²) in [5, 5.41) is 13.2. The number of carbonyl (C=O) groups is 3. The van der Waals surface area contributed by atoms with Gasteiger partial charge in [0, 0.05) is 30.6 Å². The molecule has 0 saturated carbocycles. The maximum atomic E-state index is 13.4. The Bertz CT molecular complexity index is 951. The van der Waals surface area contributed by atoms with E-state index in [1.54, 1.807) is 0 Å². The number of aliphatic hydroxyl groups is 1. The molecule has 1 aromatic carbocycles. The van der Waals surface area contributed by atoms with Crippen LogP contribution in [0.5, 0.6) is 5.88 Å². The third-order valence-corrected chi connectivity index (χ3v) is 4.50. The Morgan fingerprint density at radius 2 is 2.14 bits per heavy atom. The lowest BCUT2D eigenvalue weighted by molar-refractivity contribution is -0.149. The number of hydrogen-bond donors (Lipinski definition) is 3. The number of anilines is 1. The van der Waals surface area contributed by atoms with Crippen molar-refractivity contribution in [2.75, 3.05) is 11.4 Å². The Kier molecular flexibility index (Phi) is 5.66. The van der Waals surface area contributed by atoms with Gasteiger partial charge in [0.2, 0.25) is 11.5 Å². The van der Waals surface area contributed by atoms with E-state index in [-0.39, 0.29) is 30.4 Å². The molecule has 1 saturated heterocycles. The number of nitrogens with two attached hydrogens (primary N) is 1. The number of hydrogen-bond acceptors (Lipinski definition) is 6. The van der Waals surface area contributed by atoms with Crippen molar-refractivity contribution in [1.29, 1.82) is 0 Å². The molecule has 152 valence electrons. The summed E-state index contributed by atoms with van der Waals surface area (Å²) < 4.78 is 18.0.